The highest BCUT2D eigenvalue weighted by molar-refractivity contribution is 7.26. The summed E-state index contributed by atoms with van der Waals surface area (Å²) in [6.45, 7) is 1.29. The second-order valence-electron chi connectivity index (χ2n) is 10.3. The number of thiophene rings is 1. The summed E-state index contributed by atoms with van der Waals surface area (Å²) in [5, 5.41) is -0.947. The van der Waals surface area contributed by atoms with Crippen molar-refractivity contribution >= 4 is 31.5 Å². The van der Waals surface area contributed by atoms with Crippen LogP contribution in [0.4, 0.5) is 0 Å². The summed E-state index contributed by atoms with van der Waals surface area (Å²) in [4.78, 5) is 13.0. The fourth-order valence-electron chi connectivity index (χ4n) is 5.00. The number of benzene rings is 7. The van der Waals surface area contributed by atoms with Crippen LogP contribution in [0.3, 0.4) is 0 Å². The van der Waals surface area contributed by atoms with Gasteiger partial charge in [0.15, 0.2) is 17.5 Å². The Labute approximate surface area is 334 Å². The van der Waals surface area contributed by atoms with Gasteiger partial charge in [0.2, 0.25) is 0 Å². The van der Waals surface area contributed by atoms with Crippen molar-refractivity contribution in [1.82, 2.24) is 15.0 Å². The maximum Gasteiger partial charge on any atom is 0.164 e. The van der Waals surface area contributed by atoms with Crippen LogP contribution >= 0.6 is 11.3 Å². The molecule has 2 heterocycles. The van der Waals surface area contributed by atoms with E-state index < -0.39 is 248 Å². The maximum absolute atomic E-state index is 9.80. The number of fused-ring (bicyclic) bond motifs is 3. The van der Waals surface area contributed by atoms with Crippen molar-refractivity contribution in [3.05, 3.63) is 175 Å². The summed E-state index contributed by atoms with van der Waals surface area (Å²) in [5.41, 5.74) is -6.30. The van der Waals surface area contributed by atoms with Crippen molar-refractivity contribution in [2.45, 2.75) is 6.92 Å². The molecule has 0 saturated carbocycles. The zero-order valence-electron chi connectivity index (χ0n) is 53.2. The van der Waals surface area contributed by atoms with E-state index in [-0.39, 0.29) is 15.0 Å². The minimum Gasteiger partial charge on any atom is -0.208 e. The maximum atomic E-state index is 9.80. The molecule has 0 bridgehead atoms. The zero-order valence-corrected chi connectivity index (χ0v) is 26.1. The third kappa shape index (κ3) is 5.56. The highest BCUT2D eigenvalue weighted by Gasteiger charge is 2.18. The van der Waals surface area contributed by atoms with Gasteiger partial charge >= 0.3 is 0 Å². The van der Waals surface area contributed by atoms with E-state index in [2.05, 4.69) is 15.0 Å². The Balaban J connectivity index is 1.49. The molecular formula is C46H31N3S. The van der Waals surface area contributed by atoms with E-state index in [0.717, 1.165) is 0 Å². The second kappa shape index (κ2) is 12.7. The minimum atomic E-state index is -1.01. The van der Waals surface area contributed by atoms with E-state index in [1.54, 1.807) is 0 Å². The van der Waals surface area contributed by atoms with Crippen LogP contribution in [0, 0.1) is 6.92 Å². The molecule has 9 rings (SSSR count). The molecule has 0 fully saturated rings. The zero-order chi connectivity index (χ0) is 57.8. The summed E-state index contributed by atoms with van der Waals surface area (Å²) in [6, 6.07) is -24.2. The first-order chi connectivity index (χ1) is 36.3. The van der Waals surface area contributed by atoms with Crippen LogP contribution in [0.25, 0.3) is 87.7 Å². The van der Waals surface area contributed by atoms with E-state index in [9.17, 15) is 9.60 Å². The average Bonchev–Trinajstić information content (AvgIpc) is 3.62. The molecule has 7 aromatic carbocycles. The number of rotatable bonds is 6. The summed E-state index contributed by atoms with van der Waals surface area (Å²) in [5.74, 6) is -2.30. The first-order valence-electron chi connectivity index (χ1n) is 28.5. The molecule has 0 saturated heterocycles. The molecule has 9 aromatic rings. The van der Waals surface area contributed by atoms with Crippen LogP contribution in [0.1, 0.15) is 43.9 Å². The van der Waals surface area contributed by atoms with Gasteiger partial charge in [0.05, 0.1) is 38.4 Å². The first-order valence-corrected chi connectivity index (χ1v) is 15.3. The number of hydrogen-bond acceptors (Lipinski definition) is 4. The van der Waals surface area contributed by atoms with Crippen molar-refractivity contribution in [3.8, 4) is 67.5 Å². The highest BCUT2D eigenvalue weighted by Crippen LogP contribution is 2.46. The van der Waals surface area contributed by atoms with E-state index in [1.165, 1.54) is 6.92 Å². The van der Waals surface area contributed by atoms with E-state index in [4.69, 9.17) is 28.8 Å². The molecule has 0 atom stereocenters. The molecule has 4 heteroatoms. The fourth-order valence-corrected chi connectivity index (χ4v) is 6.23. The summed E-state index contributed by atoms with van der Waals surface area (Å²) >= 11 is 0.486. The van der Waals surface area contributed by atoms with Crippen molar-refractivity contribution in [3.63, 3.8) is 0 Å². The lowest BCUT2D eigenvalue weighted by Crippen LogP contribution is -2.00. The molecule has 0 N–H and O–H groups in total. The Morgan fingerprint density at radius 1 is 0.380 bits per heavy atom. The number of nitrogens with zero attached hydrogens (tertiary/aromatic N) is 3. The van der Waals surface area contributed by atoms with Gasteiger partial charge in [0.25, 0.3) is 0 Å². The minimum absolute atomic E-state index is 0.142. The molecule has 2 aromatic heterocycles. The van der Waals surface area contributed by atoms with Gasteiger partial charge in [-0.1, -0.05) is 151 Å². The van der Waals surface area contributed by atoms with Gasteiger partial charge in [-0.3, -0.25) is 0 Å². The Bertz CT molecular complexity index is 4070. The predicted octanol–water partition coefficient (Wildman–Crippen LogP) is 12.5. The molecular weight excluding hydrogens is 627 g/mol. The molecule has 0 amide bonds. The van der Waals surface area contributed by atoms with Gasteiger partial charge in [-0.25, -0.2) is 15.0 Å². The van der Waals surface area contributed by atoms with Crippen LogP contribution < -0.4 is 0 Å². The lowest BCUT2D eigenvalue weighted by Gasteiger charge is -2.10. The largest absolute Gasteiger partial charge is 0.208 e. The van der Waals surface area contributed by atoms with Crippen LogP contribution in [0.15, 0.2) is 169 Å². The topological polar surface area (TPSA) is 38.7 Å². The van der Waals surface area contributed by atoms with E-state index in [1.807, 2.05) is 0 Å². The van der Waals surface area contributed by atoms with Crippen molar-refractivity contribution in [1.29, 1.82) is 0 Å². The van der Waals surface area contributed by atoms with Crippen molar-refractivity contribution in [2.24, 2.45) is 0 Å². The van der Waals surface area contributed by atoms with Gasteiger partial charge in [-0.05, 0) is 58.9 Å². The molecule has 3 nitrogen and oxygen atoms in total. The van der Waals surface area contributed by atoms with Crippen LogP contribution in [-0.4, -0.2) is 15.0 Å². The Kier molecular flexibility index (Phi) is 3.19. The number of hydrogen-bond donors (Lipinski definition) is 0. The molecule has 0 aliphatic carbocycles. The third-order valence-electron chi connectivity index (χ3n) is 7.17. The van der Waals surface area contributed by atoms with Gasteiger partial charge < -0.3 is 0 Å². The van der Waals surface area contributed by atoms with Crippen LogP contribution in [0.2, 0.25) is 0 Å². The van der Waals surface area contributed by atoms with Gasteiger partial charge in [0, 0.05) is 42.4 Å². The van der Waals surface area contributed by atoms with Crippen molar-refractivity contribution < 1.29 is 38.4 Å². The second-order valence-corrected chi connectivity index (χ2v) is 11.3. The normalized spacial score (nSPS) is 19.1. The Morgan fingerprint density at radius 3 is 1.60 bits per heavy atom. The SMILES string of the molecule is [2H]c1c([2H])c([2H])c(-c2nc(-c3c([2H])c([2H])c([2H])c(C)c3[2H])nc(-c3c([2H])c([2H])c([2H])c(-c4c([2H])c([2H])c([2H])c5c4sc4c(-c6c([2H])c([2H])c([2H])c([2H])c6[2H])c([2H])c(-c6c([2H])c([2H])c([2H])c([2H])c6[2H])c([2H])c45)c3[2H])n2)c([2H])c1[2H]. The average molecular weight is 686 g/mol. The molecule has 0 radical (unpaired) electrons. The molecule has 0 spiro atoms. The molecule has 236 valence electrons. The van der Waals surface area contributed by atoms with Gasteiger partial charge in [0.1, 0.15) is 0 Å². The molecule has 50 heavy (non-hydrogen) atoms. The van der Waals surface area contributed by atoms with Gasteiger partial charge in [-0.2, -0.15) is 0 Å². The fraction of sp³-hybridized carbons (Fsp3) is 0.0217. The Hall–Kier alpha value is -6.23. The molecule has 0 aliphatic rings. The van der Waals surface area contributed by atoms with Gasteiger partial charge in [-0.15, -0.1) is 11.3 Å². The molecule has 0 aliphatic heterocycles. The standard InChI is InChI=1S/C46H31N3S/c1-30-14-11-22-35(26-30)45-47-44(33-19-9-4-10-20-33)48-46(49-45)36-23-12-21-34(27-36)38-24-13-25-39-41-29-37(31-15-5-2-6-16-31)28-40(43(41)50-42(38)39)32-17-7-3-8-18-32/h2-29H,1H3/i2D,3D,4D,5D,6D,7D,8D,9D,10D,11D,12D,13D,14D,15D,16D,17D,18D,19D,20D,21D,22D,23D,24D,25D,26D,27D,28D,29D. The highest BCUT2D eigenvalue weighted by atomic mass is 32.1. The number of aromatic nitrogens is 3. The predicted molar refractivity (Wildman–Crippen MR) is 210 cm³/mol. The summed E-state index contributed by atoms with van der Waals surface area (Å²) in [6.07, 6.45) is 0. The monoisotopic (exact) mass is 685 g/mol. The lowest BCUT2D eigenvalue weighted by molar-refractivity contribution is 1.07. The van der Waals surface area contributed by atoms with E-state index in [0.29, 0.717) is 11.3 Å². The summed E-state index contributed by atoms with van der Waals surface area (Å²) in [7, 11) is 0. The first kappa shape index (κ1) is 12.6. The third-order valence-corrected chi connectivity index (χ3v) is 8.39. The molecule has 0 unspecified atom stereocenters. The quantitative estimate of drug-likeness (QED) is 0.175. The smallest absolute Gasteiger partial charge is 0.164 e. The summed E-state index contributed by atoms with van der Waals surface area (Å²) < 4.78 is 247. The Morgan fingerprint density at radius 2 is 0.900 bits per heavy atom. The lowest BCUT2D eigenvalue weighted by atomic mass is 9.95. The van der Waals surface area contributed by atoms with Crippen LogP contribution in [0.5, 0.6) is 0 Å². The van der Waals surface area contributed by atoms with Crippen molar-refractivity contribution in [2.75, 3.05) is 0 Å². The van der Waals surface area contributed by atoms with Crippen LogP contribution in [-0.2, 0) is 0 Å². The van der Waals surface area contributed by atoms with E-state index >= 15 is 0 Å².